The first kappa shape index (κ1) is 14.7. The number of aryl methyl sites for hydroxylation is 1. The van der Waals surface area contributed by atoms with Gasteiger partial charge in [-0.2, -0.15) is 0 Å². The van der Waals surface area contributed by atoms with Crippen molar-refractivity contribution in [2.45, 2.75) is 56.9 Å². The Kier molecular flexibility index (Phi) is 5.16. The van der Waals surface area contributed by atoms with E-state index in [-0.39, 0.29) is 17.3 Å². The zero-order valence-electron chi connectivity index (χ0n) is 11.4. The van der Waals surface area contributed by atoms with Gasteiger partial charge in [0, 0.05) is 13.1 Å². The maximum atomic E-state index is 12.5. The molecule has 0 saturated heterocycles. The molecular weight excluding hydrogens is 282 g/mol. The summed E-state index contributed by atoms with van der Waals surface area (Å²) in [5, 5.41) is 4.13. The Balaban J connectivity index is 2.11. The number of hydrogen-bond donors (Lipinski definition) is 0. The summed E-state index contributed by atoms with van der Waals surface area (Å²) in [6.45, 7) is 2.08. The third-order valence-corrected chi connectivity index (χ3v) is 4.97. The number of hydrogen-bond acceptors (Lipinski definition) is 4. The molecule has 1 saturated carbocycles. The highest BCUT2D eigenvalue weighted by Gasteiger charge is 2.31. The Morgan fingerprint density at radius 1 is 1.47 bits per heavy atom. The van der Waals surface area contributed by atoms with Crippen molar-refractivity contribution < 1.29 is 4.79 Å². The number of carbonyl (C=O) groups is 1. The zero-order valence-corrected chi connectivity index (χ0v) is 13.0. The number of aromatic nitrogens is 2. The monoisotopic (exact) mass is 301 g/mol. The molecule has 2 unspecified atom stereocenters. The molecular formula is C13H20ClN3OS. The summed E-state index contributed by atoms with van der Waals surface area (Å²) in [5.74, 6) is 0.0241. The van der Waals surface area contributed by atoms with Crippen LogP contribution in [0.1, 0.15) is 54.4 Å². The summed E-state index contributed by atoms with van der Waals surface area (Å²) in [5.41, 5.74) is 0.825. The number of carbonyl (C=O) groups excluding carboxylic acids is 1. The Morgan fingerprint density at radius 2 is 2.21 bits per heavy atom. The first-order chi connectivity index (χ1) is 9.15. The summed E-state index contributed by atoms with van der Waals surface area (Å²) < 4.78 is 3.92. The van der Waals surface area contributed by atoms with E-state index in [2.05, 4.69) is 16.5 Å². The lowest BCUT2D eigenvalue weighted by atomic mass is 9.94. The van der Waals surface area contributed by atoms with Crippen LogP contribution in [-0.4, -0.2) is 38.9 Å². The molecule has 1 aromatic rings. The van der Waals surface area contributed by atoms with E-state index < -0.39 is 0 Å². The Hall–Kier alpha value is -0.680. The summed E-state index contributed by atoms with van der Waals surface area (Å²) >= 11 is 7.56. The van der Waals surface area contributed by atoms with Crippen LogP contribution in [0.3, 0.4) is 0 Å². The van der Waals surface area contributed by atoms with Crippen LogP contribution in [0.4, 0.5) is 0 Å². The minimum atomic E-state index is 0.0241. The van der Waals surface area contributed by atoms with E-state index in [9.17, 15) is 4.79 Å². The second-order valence-corrected chi connectivity index (χ2v) is 6.40. The van der Waals surface area contributed by atoms with Crippen LogP contribution in [-0.2, 0) is 6.42 Å². The molecule has 1 fully saturated rings. The van der Waals surface area contributed by atoms with Crippen LogP contribution < -0.4 is 0 Å². The second kappa shape index (κ2) is 6.66. The Morgan fingerprint density at radius 3 is 2.89 bits per heavy atom. The fourth-order valence-corrected chi connectivity index (χ4v) is 3.73. The smallest absolute Gasteiger partial charge is 0.267 e. The van der Waals surface area contributed by atoms with Crippen molar-refractivity contribution >= 4 is 29.0 Å². The third-order valence-electron chi connectivity index (χ3n) is 3.70. The van der Waals surface area contributed by atoms with Gasteiger partial charge in [0.2, 0.25) is 0 Å². The highest BCUT2D eigenvalue weighted by Crippen LogP contribution is 2.28. The van der Waals surface area contributed by atoms with E-state index in [1.54, 1.807) is 4.90 Å². The molecule has 1 heterocycles. The number of halogens is 1. The quantitative estimate of drug-likeness (QED) is 0.803. The minimum absolute atomic E-state index is 0.0241. The van der Waals surface area contributed by atoms with Crippen molar-refractivity contribution in [3.05, 3.63) is 10.6 Å². The fourth-order valence-electron chi connectivity index (χ4n) is 2.58. The molecule has 4 nitrogen and oxygen atoms in total. The van der Waals surface area contributed by atoms with Crippen LogP contribution in [0.15, 0.2) is 0 Å². The van der Waals surface area contributed by atoms with Crippen LogP contribution in [0, 0.1) is 0 Å². The lowest BCUT2D eigenvalue weighted by molar-refractivity contribution is 0.0704. The first-order valence-electron chi connectivity index (χ1n) is 6.87. The van der Waals surface area contributed by atoms with Crippen molar-refractivity contribution in [2.75, 3.05) is 7.05 Å². The molecule has 1 aliphatic carbocycles. The molecule has 0 spiro atoms. The van der Waals surface area contributed by atoms with E-state index in [4.69, 9.17) is 11.6 Å². The van der Waals surface area contributed by atoms with Crippen LogP contribution in [0.5, 0.6) is 0 Å². The predicted molar refractivity (Wildman–Crippen MR) is 77.9 cm³/mol. The SMILES string of the molecule is CCCc1nnsc1C(=O)N(C)C1CCCCC1Cl. The third kappa shape index (κ3) is 3.26. The fraction of sp³-hybridized carbons (Fsp3) is 0.769. The van der Waals surface area contributed by atoms with Crippen molar-refractivity contribution in [2.24, 2.45) is 0 Å². The zero-order chi connectivity index (χ0) is 13.8. The van der Waals surface area contributed by atoms with Crippen molar-refractivity contribution in [1.82, 2.24) is 14.5 Å². The van der Waals surface area contributed by atoms with Crippen molar-refractivity contribution in [1.29, 1.82) is 0 Å². The number of nitrogens with zero attached hydrogens (tertiary/aromatic N) is 3. The molecule has 0 N–H and O–H groups in total. The van der Waals surface area contributed by atoms with Crippen molar-refractivity contribution in [3.63, 3.8) is 0 Å². The van der Waals surface area contributed by atoms with Gasteiger partial charge in [-0.25, -0.2) is 0 Å². The highest BCUT2D eigenvalue weighted by molar-refractivity contribution is 7.08. The van der Waals surface area contributed by atoms with Gasteiger partial charge in [-0.15, -0.1) is 16.7 Å². The summed E-state index contributed by atoms with van der Waals surface area (Å²) in [7, 11) is 1.85. The lowest BCUT2D eigenvalue weighted by Gasteiger charge is -2.34. The lowest BCUT2D eigenvalue weighted by Crippen LogP contribution is -2.44. The number of amides is 1. The molecule has 0 bridgehead atoms. The van der Waals surface area contributed by atoms with E-state index in [1.165, 1.54) is 11.5 Å². The van der Waals surface area contributed by atoms with Crippen molar-refractivity contribution in [3.8, 4) is 0 Å². The maximum Gasteiger partial charge on any atom is 0.267 e. The highest BCUT2D eigenvalue weighted by atomic mass is 35.5. The van der Waals surface area contributed by atoms with Gasteiger partial charge in [0.05, 0.1) is 11.1 Å². The van der Waals surface area contributed by atoms with Gasteiger partial charge in [0.25, 0.3) is 5.91 Å². The molecule has 1 amide bonds. The van der Waals surface area contributed by atoms with Gasteiger partial charge in [0.1, 0.15) is 4.88 Å². The van der Waals surface area contributed by atoms with Crippen LogP contribution in [0.2, 0.25) is 0 Å². The van der Waals surface area contributed by atoms with E-state index in [1.807, 2.05) is 7.05 Å². The standard InChI is InChI=1S/C13H20ClN3OS/c1-3-6-10-12(19-16-15-10)13(18)17(2)11-8-5-4-7-9(11)14/h9,11H,3-8H2,1-2H3. The molecule has 19 heavy (non-hydrogen) atoms. The second-order valence-electron chi connectivity index (χ2n) is 5.08. The van der Waals surface area contributed by atoms with Crippen LogP contribution in [0.25, 0.3) is 0 Å². The van der Waals surface area contributed by atoms with E-state index >= 15 is 0 Å². The van der Waals surface area contributed by atoms with E-state index in [0.29, 0.717) is 4.88 Å². The summed E-state index contributed by atoms with van der Waals surface area (Å²) in [6.07, 6.45) is 6.07. The summed E-state index contributed by atoms with van der Waals surface area (Å²) in [6, 6.07) is 0.138. The van der Waals surface area contributed by atoms with Gasteiger partial charge < -0.3 is 4.90 Å². The molecule has 1 aromatic heterocycles. The normalized spacial score (nSPS) is 23.3. The predicted octanol–water partition coefficient (Wildman–Crippen LogP) is 3.11. The summed E-state index contributed by atoms with van der Waals surface area (Å²) in [4.78, 5) is 15.0. The van der Waals surface area contributed by atoms with E-state index in [0.717, 1.165) is 44.2 Å². The van der Waals surface area contributed by atoms with Gasteiger partial charge in [0.15, 0.2) is 0 Å². The molecule has 2 atom stereocenters. The molecule has 0 aliphatic heterocycles. The Bertz CT molecular complexity index is 437. The minimum Gasteiger partial charge on any atom is -0.336 e. The molecule has 6 heteroatoms. The topological polar surface area (TPSA) is 46.1 Å². The molecule has 2 rings (SSSR count). The van der Waals surface area contributed by atoms with Gasteiger partial charge in [-0.3, -0.25) is 4.79 Å². The number of rotatable bonds is 4. The van der Waals surface area contributed by atoms with Gasteiger partial charge >= 0.3 is 0 Å². The molecule has 1 aliphatic rings. The molecule has 0 aromatic carbocycles. The first-order valence-corrected chi connectivity index (χ1v) is 8.08. The average molecular weight is 302 g/mol. The largest absolute Gasteiger partial charge is 0.336 e. The Labute approximate surface area is 123 Å². The average Bonchev–Trinajstić information content (AvgIpc) is 2.86. The molecule has 106 valence electrons. The van der Waals surface area contributed by atoms with Crippen LogP contribution >= 0.6 is 23.1 Å². The number of alkyl halides is 1. The van der Waals surface area contributed by atoms with Gasteiger partial charge in [-0.1, -0.05) is 30.7 Å². The molecule has 0 radical (unpaired) electrons. The van der Waals surface area contributed by atoms with Gasteiger partial charge in [-0.05, 0) is 30.8 Å². The maximum absolute atomic E-state index is 12.5.